The molecule has 0 bridgehead atoms. The van der Waals surface area contributed by atoms with E-state index in [1.165, 1.54) is 12.8 Å². The van der Waals surface area contributed by atoms with Crippen LogP contribution < -0.4 is 5.32 Å². The largest absolute Gasteiger partial charge is 0.480 e. The van der Waals surface area contributed by atoms with Crippen molar-refractivity contribution in [2.45, 2.75) is 45.6 Å². The van der Waals surface area contributed by atoms with Crippen molar-refractivity contribution in [3.05, 3.63) is 0 Å². The number of nitrogens with one attached hydrogen (secondary N) is 1. The highest BCUT2D eigenvalue weighted by Crippen LogP contribution is 2.09. The summed E-state index contributed by atoms with van der Waals surface area (Å²) in [5.74, 6) is -1.15. The molecule has 1 fully saturated rings. The number of amides is 1. The molecule has 5 heteroatoms. The second-order valence-corrected chi connectivity index (χ2v) is 5.07. The Morgan fingerprint density at radius 3 is 2.44 bits per heavy atom. The minimum Gasteiger partial charge on any atom is -0.480 e. The van der Waals surface area contributed by atoms with E-state index in [9.17, 15) is 9.59 Å². The average molecular weight is 256 g/mol. The van der Waals surface area contributed by atoms with Crippen molar-refractivity contribution < 1.29 is 14.7 Å². The van der Waals surface area contributed by atoms with Crippen molar-refractivity contribution in [3.63, 3.8) is 0 Å². The van der Waals surface area contributed by atoms with E-state index >= 15 is 0 Å². The third-order valence-corrected chi connectivity index (χ3v) is 3.65. The number of carbonyl (C=O) groups is 2. The number of rotatable bonds is 7. The number of aliphatic carboxylic acids is 1. The number of nitrogens with zero attached hydrogens (tertiary/aromatic N) is 1. The Kier molecular flexibility index (Phi) is 6.12. The van der Waals surface area contributed by atoms with Gasteiger partial charge < -0.3 is 15.3 Å². The Labute approximate surface area is 109 Å². The lowest BCUT2D eigenvalue weighted by atomic mass is 9.99. The van der Waals surface area contributed by atoms with Crippen LogP contribution in [0, 0.1) is 5.92 Å². The summed E-state index contributed by atoms with van der Waals surface area (Å²) in [6.45, 7) is 6.62. The second kappa shape index (κ2) is 7.36. The third kappa shape index (κ3) is 4.64. The zero-order valence-electron chi connectivity index (χ0n) is 11.3. The molecule has 2 atom stereocenters. The molecule has 104 valence electrons. The summed E-state index contributed by atoms with van der Waals surface area (Å²) in [5.41, 5.74) is 0. The van der Waals surface area contributed by atoms with Crippen molar-refractivity contribution in [1.82, 2.24) is 10.2 Å². The minimum absolute atomic E-state index is 0.0433. The molecule has 0 aromatic carbocycles. The predicted molar refractivity (Wildman–Crippen MR) is 69.3 cm³/mol. The molecule has 0 aromatic heterocycles. The van der Waals surface area contributed by atoms with Crippen LogP contribution in [0.2, 0.25) is 0 Å². The molecule has 0 radical (unpaired) electrons. The minimum atomic E-state index is -0.945. The van der Waals surface area contributed by atoms with E-state index < -0.39 is 12.0 Å². The van der Waals surface area contributed by atoms with Gasteiger partial charge >= 0.3 is 5.97 Å². The Morgan fingerprint density at radius 2 is 1.94 bits per heavy atom. The van der Waals surface area contributed by atoms with Gasteiger partial charge in [0.15, 0.2) is 0 Å². The Morgan fingerprint density at radius 1 is 1.33 bits per heavy atom. The van der Waals surface area contributed by atoms with Gasteiger partial charge in [0.25, 0.3) is 0 Å². The normalized spacial score (nSPS) is 19.4. The van der Waals surface area contributed by atoms with Gasteiger partial charge in [0, 0.05) is 13.0 Å². The van der Waals surface area contributed by atoms with E-state index in [1.807, 2.05) is 13.8 Å². The van der Waals surface area contributed by atoms with Gasteiger partial charge in [-0.2, -0.15) is 0 Å². The quantitative estimate of drug-likeness (QED) is 0.715. The van der Waals surface area contributed by atoms with E-state index in [1.54, 1.807) is 0 Å². The molecule has 1 unspecified atom stereocenters. The molecule has 0 aromatic rings. The van der Waals surface area contributed by atoms with Crippen LogP contribution in [0.1, 0.15) is 39.5 Å². The van der Waals surface area contributed by atoms with Crippen LogP contribution >= 0.6 is 0 Å². The van der Waals surface area contributed by atoms with Crippen molar-refractivity contribution in [2.75, 3.05) is 19.6 Å². The van der Waals surface area contributed by atoms with Gasteiger partial charge in [-0.05, 0) is 31.8 Å². The van der Waals surface area contributed by atoms with Gasteiger partial charge in [-0.25, -0.2) is 4.79 Å². The topological polar surface area (TPSA) is 69.6 Å². The number of carbonyl (C=O) groups excluding carboxylic acids is 1. The molecule has 1 saturated heterocycles. The number of carboxylic acids is 1. The molecule has 1 rings (SSSR count). The highest BCUT2D eigenvalue weighted by atomic mass is 16.4. The highest BCUT2D eigenvalue weighted by Gasteiger charge is 2.25. The molecule has 1 heterocycles. The molecular formula is C13H24N2O3. The average Bonchev–Trinajstić information content (AvgIpc) is 2.85. The fourth-order valence-electron chi connectivity index (χ4n) is 2.19. The molecule has 0 aliphatic carbocycles. The fourth-order valence-corrected chi connectivity index (χ4v) is 2.19. The number of hydrogen-bond donors (Lipinski definition) is 2. The Hall–Kier alpha value is -1.10. The summed E-state index contributed by atoms with van der Waals surface area (Å²) in [4.78, 5) is 25.1. The van der Waals surface area contributed by atoms with Crippen molar-refractivity contribution in [1.29, 1.82) is 0 Å². The van der Waals surface area contributed by atoms with Crippen LogP contribution in [0.25, 0.3) is 0 Å². The number of carboxylic acid groups (broad SMARTS) is 1. The van der Waals surface area contributed by atoms with Crippen molar-refractivity contribution in [3.8, 4) is 0 Å². The van der Waals surface area contributed by atoms with Gasteiger partial charge in [-0.15, -0.1) is 0 Å². The number of likely N-dealkylation sites (tertiary alicyclic amines) is 1. The molecule has 2 N–H and O–H groups in total. The smallest absolute Gasteiger partial charge is 0.326 e. The van der Waals surface area contributed by atoms with Crippen molar-refractivity contribution >= 4 is 11.9 Å². The summed E-state index contributed by atoms with van der Waals surface area (Å²) in [5, 5.41) is 11.7. The number of hydrogen-bond acceptors (Lipinski definition) is 3. The fraction of sp³-hybridized carbons (Fsp3) is 0.846. The van der Waals surface area contributed by atoms with Crippen LogP contribution in [0.5, 0.6) is 0 Å². The molecule has 5 nitrogen and oxygen atoms in total. The Balaban J connectivity index is 2.33. The van der Waals surface area contributed by atoms with Gasteiger partial charge in [0.1, 0.15) is 6.04 Å². The lowest BCUT2D eigenvalue weighted by Gasteiger charge is -2.21. The van der Waals surface area contributed by atoms with Gasteiger partial charge in [-0.3, -0.25) is 4.79 Å². The van der Waals surface area contributed by atoms with Crippen LogP contribution in [0.3, 0.4) is 0 Å². The van der Waals surface area contributed by atoms with Crippen LogP contribution in [0.4, 0.5) is 0 Å². The summed E-state index contributed by atoms with van der Waals surface area (Å²) >= 11 is 0. The van der Waals surface area contributed by atoms with Crippen LogP contribution in [-0.4, -0.2) is 47.6 Å². The standard InChI is InChI=1S/C13H24N2O3/c1-3-10(2)12(13(17)18)14-11(16)6-9-15-7-4-5-8-15/h10,12H,3-9H2,1-2H3,(H,14,16)(H,17,18)/t10?,12-/m0/s1. The SMILES string of the molecule is CCC(C)[C@H](NC(=O)CCN1CCCC1)C(=O)O. The van der Waals surface area contributed by atoms with Gasteiger partial charge in [0.05, 0.1) is 0 Å². The highest BCUT2D eigenvalue weighted by molar-refractivity contribution is 5.83. The van der Waals surface area contributed by atoms with Gasteiger partial charge in [0.2, 0.25) is 5.91 Å². The first-order valence-corrected chi connectivity index (χ1v) is 6.79. The lowest BCUT2D eigenvalue weighted by Crippen LogP contribution is -2.45. The predicted octanol–water partition coefficient (Wildman–Crippen LogP) is 1.09. The molecular weight excluding hydrogens is 232 g/mol. The summed E-state index contributed by atoms with van der Waals surface area (Å²) in [6, 6.07) is -0.763. The van der Waals surface area contributed by atoms with E-state index in [0.717, 1.165) is 26.1 Å². The molecule has 1 amide bonds. The second-order valence-electron chi connectivity index (χ2n) is 5.07. The maximum Gasteiger partial charge on any atom is 0.326 e. The van der Waals surface area contributed by atoms with Crippen LogP contribution in [0.15, 0.2) is 0 Å². The van der Waals surface area contributed by atoms with E-state index in [0.29, 0.717) is 6.42 Å². The van der Waals surface area contributed by atoms with E-state index in [-0.39, 0.29) is 11.8 Å². The Bertz CT molecular complexity index is 288. The first-order valence-electron chi connectivity index (χ1n) is 6.79. The summed E-state index contributed by atoms with van der Waals surface area (Å²) in [6.07, 6.45) is 3.53. The zero-order valence-corrected chi connectivity index (χ0v) is 11.3. The third-order valence-electron chi connectivity index (χ3n) is 3.65. The van der Waals surface area contributed by atoms with Crippen LogP contribution in [-0.2, 0) is 9.59 Å². The molecule has 1 aliphatic rings. The maximum absolute atomic E-state index is 11.7. The first kappa shape index (κ1) is 15.0. The van der Waals surface area contributed by atoms with Gasteiger partial charge in [-0.1, -0.05) is 20.3 Å². The van der Waals surface area contributed by atoms with Crippen molar-refractivity contribution in [2.24, 2.45) is 5.92 Å². The zero-order chi connectivity index (χ0) is 13.5. The monoisotopic (exact) mass is 256 g/mol. The lowest BCUT2D eigenvalue weighted by molar-refractivity contribution is -0.143. The molecule has 0 spiro atoms. The summed E-state index contributed by atoms with van der Waals surface area (Å²) in [7, 11) is 0. The molecule has 0 saturated carbocycles. The van der Waals surface area contributed by atoms with E-state index in [4.69, 9.17) is 5.11 Å². The first-order chi connectivity index (χ1) is 8.54. The molecule has 18 heavy (non-hydrogen) atoms. The van der Waals surface area contributed by atoms with E-state index in [2.05, 4.69) is 10.2 Å². The molecule has 1 aliphatic heterocycles. The summed E-state index contributed by atoms with van der Waals surface area (Å²) < 4.78 is 0. The maximum atomic E-state index is 11.7.